The predicted octanol–water partition coefficient (Wildman–Crippen LogP) is 0.939. The first-order valence-electron chi connectivity index (χ1n) is 5.64. The van der Waals surface area contributed by atoms with Crippen LogP contribution < -0.4 is 0 Å². The average Bonchev–Trinajstić information content (AvgIpc) is 2.82. The Hall–Kier alpha value is -0.870. The fraction of sp³-hybridized carbons (Fsp3) is 0.727. The molecule has 1 saturated heterocycles. The van der Waals surface area contributed by atoms with Gasteiger partial charge in [-0.1, -0.05) is 0 Å². The van der Waals surface area contributed by atoms with Crippen molar-refractivity contribution >= 4 is 0 Å². The third-order valence-electron chi connectivity index (χ3n) is 3.08. The van der Waals surface area contributed by atoms with Crippen LogP contribution in [0.4, 0.5) is 0 Å². The predicted molar refractivity (Wildman–Crippen MR) is 58.5 cm³/mol. The second-order valence-corrected chi connectivity index (χ2v) is 4.22. The fourth-order valence-corrected chi connectivity index (χ4v) is 2.36. The van der Waals surface area contributed by atoms with E-state index in [9.17, 15) is 0 Å². The van der Waals surface area contributed by atoms with Crippen LogP contribution >= 0.6 is 0 Å². The van der Waals surface area contributed by atoms with Crippen LogP contribution in [0.5, 0.6) is 0 Å². The lowest BCUT2D eigenvalue weighted by molar-refractivity contribution is 0.213. The Morgan fingerprint density at radius 2 is 2.47 bits per heavy atom. The largest absolute Gasteiger partial charge is 0.396 e. The van der Waals surface area contributed by atoms with Gasteiger partial charge in [-0.25, -0.2) is 0 Å². The van der Waals surface area contributed by atoms with E-state index in [0.29, 0.717) is 6.04 Å². The summed E-state index contributed by atoms with van der Waals surface area (Å²) >= 11 is 0. The molecule has 15 heavy (non-hydrogen) atoms. The molecule has 0 aliphatic carbocycles. The molecule has 2 heterocycles. The van der Waals surface area contributed by atoms with Gasteiger partial charge in [-0.15, -0.1) is 0 Å². The van der Waals surface area contributed by atoms with Crippen molar-refractivity contribution in [2.75, 3.05) is 19.7 Å². The molecule has 1 aliphatic rings. The van der Waals surface area contributed by atoms with Gasteiger partial charge in [0.2, 0.25) is 0 Å². The molecular weight excluding hydrogens is 190 g/mol. The summed E-state index contributed by atoms with van der Waals surface area (Å²) in [5, 5.41) is 13.1. The number of aliphatic hydroxyl groups is 1. The van der Waals surface area contributed by atoms with Gasteiger partial charge in [0.15, 0.2) is 0 Å². The van der Waals surface area contributed by atoms with E-state index in [1.54, 1.807) is 0 Å². The molecule has 1 aliphatic heterocycles. The van der Waals surface area contributed by atoms with E-state index in [4.69, 9.17) is 5.11 Å². The lowest BCUT2D eigenvalue weighted by Gasteiger charge is -2.22. The number of aromatic nitrogens is 2. The van der Waals surface area contributed by atoms with E-state index in [0.717, 1.165) is 19.5 Å². The molecule has 0 spiro atoms. The second-order valence-electron chi connectivity index (χ2n) is 4.22. The summed E-state index contributed by atoms with van der Waals surface area (Å²) in [5.74, 6) is 0. The summed E-state index contributed by atoms with van der Waals surface area (Å²) < 4.78 is 1.86. The summed E-state index contributed by atoms with van der Waals surface area (Å²) in [6, 6.07) is 0.519. The Kier molecular flexibility index (Phi) is 3.38. The number of rotatable bonds is 4. The monoisotopic (exact) mass is 209 g/mol. The molecule has 4 heteroatoms. The van der Waals surface area contributed by atoms with Crippen LogP contribution in [0.3, 0.4) is 0 Å². The van der Waals surface area contributed by atoms with Gasteiger partial charge in [-0.05, 0) is 25.8 Å². The first kappa shape index (κ1) is 10.6. The van der Waals surface area contributed by atoms with Gasteiger partial charge in [0.05, 0.1) is 6.20 Å². The summed E-state index contributed by atoms with van der Waals surface area (Å²) in [4.78, 5) is 2.45. The zero-order chi connectivity index (χ0) is 10.7. The Labute approximate surface area is 90.5 Å². The van der Waals surface area contributed by atoms with Crippen molar-refractivity contribution in [3.8, 4) is 0 Å². The smallest absolute Gasteiger partial charge is 0.0537 e. The van der Waals surface area contributed by atoms with Crippen LogP contribution in [0.15, 0.2) is 12.4 Å². The highest BCUT2D eigenvalue weighted by Crippen LogP contribution is 2.31. The first-order chi connectivity index (χ1) is 7.31. The van der Waals surface area contributed by atoms with Crippen molar-refractivity contribution in [1.82, 2.24) is 14.7 Å². The zero-order valence-electron chi connectivity index (χ0n) is 9.26. The van der Waals surface area contributed by atoms with Crippen LogP contribution in [-0.4, -0.2) is 39.5 Å². The summed E-state index contributed by atoms with van der Waals surface area (Å²) in [6.45, 7) is 2.44. The number of hydrogen-bond donors (Lipinski definition) is 1. The van der Waals surface area contributed by atoms with Crippen molar-refractivity contribution in [2.45, 2.75) is 25.3 Å². The minimum atomic E-state index is 0.288. The fourth-order valence-electron chi connectivity index (χ4n) is 2.36. The quantitative estimate of drug-likeness (QED) is 0.802. The molecule has 1 aromatic heterocycles. The molecule has 1 aromatic rings. The highest BCUT2D eigenvalue weighted by Gasteiger charge is 2.26. The molecule has 2 rings (SSSR count). The van der Waals surface area contributed by atoms with Gasteiger partial charge in [-0.3, -0.25) is 9.58 Å². The van der Waals surface area contributed by atoms with E-state index < -0.39 is 0 Å². The average molecular weight is 209 g/mol. The molecule has 84 valence electrons. The van der Waals surface area contributed by atoms with Crippen LogP contribution in [0.25, 0.3) is 0 Å². The lowest BCUT2D eigenvalue weighted by Crippen LogP contribution is -2.24. The van der Waals surface area contributed by atoms with Crippen molar-refractivity contribution in [1.29, 1.82) is 0 Å². The number of likely N-dealkylation sites (tertiary alicyclic amines) is 1. The van der Waals surface area contributed by atoms with Crippen molar-refractivity contribution in [2.24, 2.45) is 7.05 Å². The maximum absolute atomic E-state index is 8.84. The number of aryl methyl sites for hydroxylation is 1. The van der Waals surface area contributed by atoms with E-state index in [1.165, 1.54) is 18.4 Å². The molecule has 0 radical (unpaired) electrons. The van der Waals surface area contributed by atoms with E-state index in [-0.39, 0.29) is 6.61 Å². The van der Waals surface area contributed by atoms with Crippen LogP contribution in [0.2, 0.25) is 0 Å². The number of aliphatic hydroxyl groups excluding tert-OH is 1. The second kappa shape index (κ2) is 4.77. The minimum Gasteiger partial charge on any atom is -0.396 e. The molecule has 0 saturated carbocycles. The number of hydrogen-bond acceptors (Lipinski definition) is 3. The van der Waals surface area contributed by atoms with Crippen molar-refractivity contribution < 1.29 is 5.11 Å². The van der Waals surface area contributed by atoms with Crippen molar-refractivity contribution in [3.63, 3.8) is 0 Å². The summed E-state index contributed by atoms with van der Waals surface area (Å²) in [5.41, 5.74) is 1.31. The molecule has 0 bridgehead atoms. The van der Waals surface area contributed by atoms with Crippen LogP contribution in [0, 0.1) is 0 Å². The van der Waals surface area contributed by atoms with E-state index in [1.807, 2.05) is 17.9 Å². The maximum atomic E-state index is 8.84. The van der Waals surface area contributed by atoms with Gasteiger partial charge >= 0.3 is 0 Å². The van der Waals surface area contributed by atoms with Crippen molar-refractivity contribution in [3.05, 3.63) is 18.0 Å². The molecule has 0 unspecified atom stereocenters. The topological polar surface area (TPSA) is 41.3 Å². The van der Waals surface area contributed by atoms with Gasteiger partial charge in [0.25, 0.3) is 0 Å². The Bertz CT molecular complexity index is 311. The van der Waals surface area contributed by atoms with Gasteiger partial charge in [0.1, 0.15) is 0 Å². The van der Waals surface area contributed by atoms with Crippen LogP contribution in [0.1, 0.15) is 30.9 Å². The van der Waals surface area contributed by atoms with E-state index in [2.05, 4.69) is 16.2 Å². The van der Waals surface area contributed by atoms with Gasteiger partial charge in [0, 0.05) is 38.0 Å². The molecule has 1 atom stereocenters. The molecule has 1 fully saturated rings. The number of nitrogens with zero attached hydrogens (tertiary/aromatic N) is 3. The third kappa shape index (κ3) is 2.38. The van der Waals surface area contributed by atoms with Gasteiger partial charge < -0.3 is 5.11 Å². The standard InChI is InChI=1S/C11H19N3O/c1-13-9-10(8-12-13)11-4-2-5-14(11)6-3-7-15/h8-9,11,15H,2-7H2,1H3/t11-/m1/s1. The summed E-state index contributed by atoms with van der Waals surface area (Å²) in [7, 11) is 1.95. The highest BCUT2D eigenvalue weighted by molar-refractivity contribution is 5.12. The SMILES string of the molecule is Cn1cc([C@H]2CCCN2CCCO)cn1. The Morgan fingerprint density at radius 3 is 3.13 bits per heavy atom. The van der Waals surface area contributed by atoms with Gasteiger partial charge in [-0.2, -0.15) is 5.10 Å². The van der Waals surface area contributed by atoms with Crippen LogP contribution in [-0.2, 0) is 7.05 Å². The minimum absolute atomic E-state index is 0.288. The molecule has 4 nitrogen and oxygen atoms in total. The lowest BCUT2D eigenvalue weighted by atomic mass is 10.1. The Balaban J connectivity index is 2.01. The van der Waals surface area contributed by atoms with E-state index >= 15 is 0 Å². The first-order valence-corrected chi connectivity index (χ1v) is 5.64. The highest BCUT2D eigenvalue weighted by atomic mass is 16.3. The Morgan fingerprint density at radius 1 is 1.60 bits per heavy atom. The third-order valence-corrected chi connectivity index (χ3v) is 3.08. The molecule has 0 aromatic carbocycles. The molecule has 1 N–H and O–H groups in total. The molecular formula is C11H19N3O. The zero-order valence-corrected chi connectivity index (χ0v) is 9.26. The normalized spacial score (nSPS) is 22.4. The molecule has 0 amide bonds. The summed E-state index contributed by atoms with van der Waals surface area (Å²) in [6.07, 6.45) is 7.41. The maximum Gasteiger partial charge on any atom is 0.0537 e.